The Morgan fingerprint density at radius 3 is 1.25 bits per heavy atom. The van der Waals surface area contributed by atoms with E-state index in [1.54, 1.807) is 0 Å². The minimum Gasteiger partial charge on any atom is -0.310 e. The molecule has 0 amide bonds. The Balaban J connectivity index is 1.09. The summed E-state index contributed by atoms with van der Waals surface area (Å²) in [6, 6.07) is 86.9. The molecule has 264 valence electrons. The third kappa shape index (κ3) is 5.79. The molecule has 1 heterocycles. The molecule has 0 bridgehead atoms. The Morgan fingerprint density at radius 1 is 0.250 bits per heavy atom. The van der Waals surface area contributed by atoms with Gasteiger partial charge in [-0.1, -0.05) is 200 Å². The van der Waals surface area contributed by atoms with Crippen molar-refractivity contribution in [3.05, 3.63) is 237 Å². The van der Waals surface area contributed by atoms with Crippen LogP contribution in [0.5, 0.6) is 0 Å². The van der Waals surface area contributed by atoms with Crippen LogP contribution < -0.4 is 25.6 Å². The lowest BCUT2D eigenvalue weighted by Crippen LogP contribution is -2.72. The molecule has 0 saturated heterocycles. The van der Waals surface area contributed by atoms with Gasteiger partial charge in [-0.15, -0.1) is 0 Å². The Kier molecular flexibility index (Phi) is 8.59. The third-order valence-electron chi connectivity index (χ3n) is 11.3. The summed E-state index contributed by atoms with van der Waals surface area (Å²) < 4.78 is 0. The topological polar surface area (TPSA) is 3.24 Å². The summed E-state index contributed by atoms with van der Waals surface area (Å²) in [5, 5.41) is 5.73. The Hall–Kier alpha value is -7.00. The van der Waals surface area contributed by atoms with Crippen LogP contribution in [0.15, 0.2) is 237 Å². The van der Waals surface area contributed by atoms with Crippen LogP contribution in [0.3, 0.4) is 0 Å². The van der Waals surface area contributed by atoms with Gasteiger partial charge in [-0.2, -0.15) is 0 Å². The molecular weight excluding hydrogens is 691 g/mol. The van der Waals surface area contributed by atoms with Crippen LogP contribution in [-0.4, -0.2) is 8.07 Å². The van der Waals surface area contributed by atoms with Gasteiger partial charge in [-0.3, -0.25) is 0 Å². The largest absolute Gasteiger partial charge is 0.310 e. The second-order valence-corrected chi connectivity index (χ2v) is 18.2. The fourth-order valence-corrected chi connectivity index (χ4v) is 14.0. The molecule has 9 aromatic rings. The molecule has 0 radical (unpaired) electrons. The quantitative estimate of drug-likeness (QED) is 0.141. The van der Waals surface area contributed by atoms with E-state index in [1.165, 1.54) is 65.3 Å². The number of anilines is 3. The summed E-state index contributed by atoms with van der Waals surface area (Å²) >= 11 is 0. The van der Waals surface area contributed by atoms with E-state index < -0.39 is 8.07 Å². The fourth-order valence-electron chi connectivity index (χ4n) is 8.78. The van der Waals surface area contributed by atoms with Gasteiger partial charge in [0.15, 0.2) is 8.07 Å². The number of nitrogens with zero attached hydrogens (tertiary/aromatic N) is 1. The summed E-state index contributed by atoms with van der Waals surface area (Å²) in [5.74, 6) is 0. The fraction of sp³-hybridized carbons (Fsp3) is 0. The zero-order chi connectivity index (χ0) is 37.3. The number of fused-ring (bicyclic) bond motifs is 3. The third-order valence-corrected chi connectivity index (χ3v) is 16.2. The lowest BCUT2D eigenvalue weighted by atomic mass is 9.99. The van der Waals surface area contributed by atoms with Crippen LogP contribution in [0.25, 0.3) is 44.5 Å². The predicted molar refractivity (Wildman–Crippen MR) is 240 cm³/mol. The van der Waals surface area contributed by atoms with E-state index in [4.69, 9.17) is 0 Å². The van der Waals surface area contributed by atoms with Crippen molar-refractivity contribution >= 4 is 45.9 Å². The van der Waals surface area contributed by atoms with Crippen molar-refractivity contribution in [3.8, 4) is 44.5 Å². The van der Waals surface area contributed by atoms with Crippen molar-refractivity contribution in [3.63, 3.8) is 0 Å². The molecule has 9 aromatic carbocycles. The smallest absolute Gasteiger partial charge is 0.180 e. The molecule has 0 atom stereocenters. The Morgan fingerprint density at radius 2 is 0.643 bits per heavy atom. The minimum atomic E-state index is -2.60. The highest BCUT2D eigenvalue weighted by Crippen LogP contribution is 2.39. The second kappa shape index (κ2) is 14.3. The van der Waals surface area contributed by atoms with Gasteiger partial charge in [0.05, 0.1) is 0 Å². The van der Waals surface area contributed by atoms with Crippen LogP contribution in [0.1, 0.15) is 0 Å². The van der Waals surface area contributed by atoms with E-state index in [9.17, 15) is 0 Å². The number of benzene rings is 9. The molecule has 0 unspecified atom stereocenters. The first-order chi connectivity index (χ1) is 27.8. The van der Waals surface area contributed by atoms with Crippen molar-refractivity contribution < 1.29 is 0 Å². The van der Waals surface area contributed by atoms with Crippen LogP contribution in [-0.2, 0) is 0 Å². The molecule has 1 aliphatic rings. The summed E-state index contributed by atoms with van der Waals surface area (Å²) in [7, 11) is -2.60. The number of hydrogen-bond acceptors (Lipinski definition) is 1. The van der Waals surface area contributed by atoms with Crippen LogP contribution in [0.4, 0.5) is 17.1 Å². The van der Waals surface area contributed by atoms with Crippen molar-refractivity contribution in [2.75, 3.05) is 4.90 Å². The van der Waals surface area contributed by atoms with Crippen LogP contribution >= 0.6 is 0 Å². The first-order valence-electron chi connectivity index (χ1n) is 19.3. The summed E-state index contributed by atoms with van der Waals surface area (Å²) in [4.78, 5) is 2.38. The zero-order valence-electron chi connectivity index (χ0n) is 31.0. The van der Waals surface area contributed by atoms with Crippen molar-refractivity contribution in [2.45, 2.75) is 0 Å². The van der Waals surface area contributed by atoms with E-state index in [0.29, 0.717) is 0 Å². The van der Waals surface area contributed by atoms with E-state index in [1.807, 2.05) is 0 Å². The number of rotatable bonds is 8. The second-order valence-electron chi connectivity index (χ2n) is 14.5. The maximum absolute atomic E-state index is 2.60. The lowest BCUT2D eigenvalue weighted by Gasteiger charge is -2.31. The van der Waals surface area contributed by atoms with Gasteiger partial charge < -0.3 is 4.90 Å². The Bertz CT molecular complexity index is 2740. The lowest BCUT2D eigenvalue weighted by molar-refractivity contribution is 1.28. The van der Waals surface area contributed by atoms with Crippen molar-refractivity contribution in [1.82, 2.24) is 0 Å². The molecule has 0 spiro atoms. The molecule has 0 saturated carbocycles. The predicted octanol–water partition coefficient (Wildman–Crippen LogP) is 11.5. The van der Waals surface area contributed by atoms with Crippen LogP contribution in [0, 0.1) is 0 Å². The molecule has 10 rings (SSSR count). The van der Waals surface area contributed by atoms with Gasteiger partial charge >= 0.3 is 0 Å². The molecule has 56 heavy (non-hydrogen) atoms. The van der Waals surface area contributed by atoms with Gasteiger partial charge in [0.1, 0.15) is 0 Å². The van der Waals surface area contributed by atoms with Gasteiger partial charge in [-0.05, 0) is 102 Å². The van der Waals surface area contributed by atoms with Gasteiger partial charge in [0.2, 0.25) is 0 Å². The summed E-state index contributed by atoms with van der Waals surface area (Å²) in [6.45, 7) is 0. The molecule has 1 nitrogen and oxygen atoms in total. The van der Waals surface area contributed by atoms with Gasteiger partial charge in [-0.25, -0.2) is 0 Å². The maximum Gasteiger partial charge on any atom is 0.180 e. The highest BCUT2D eigenvalue weighted by molar-refractivity contribution is 7.22. The van der Waals surface area contributed by atoms with E-state index >= 15 is 0 Å². The minimum absolute atomic E-state index is 1.11. The van der Waals surface area contributed by atoms with Gasteiger partial charge in [0, 0.05) is 17.1 Å². The molecule has 0 N–H and O–H groups in total. The maximum atomic E-state index is 2.51. The first kappa shape index (κ1) is 33.6. The SMILES string of the molecule is c1ccc(-c2ccc(-c3cccc(N(c4ccccc4)c4cccc(-c5ccc6c(c5)[Si](c5ccccc5)(c5ccccc5)c5ccccc5-6)c4)c3)cc2)cc1. The molecular formula is C54H39NSi. The average molecular weight is 730 g/mol. The average Bonchev–Trinajstić information content (AvgIpc) is 3.58. The standard InChI is InChI=1S/C54H39NSi/c1-5-17-40(18-6-1)41-31-33-42(34-32-41)43-19-15-23-47(37-43)55(46-21-7-2-8-22-46)48-24-16-20-44(38-48)45-35-36-52-51-29-13-14-30-53(51)56(54(52)39-45,49-25-9-3-10-26-49)50-27-11-4-12-28-50/h1-39H. The highest BCUT2D eigenvalue weighted by Gasteiger charge is 2.48. The molecule has 2 heteroatoms. The Labute approximate surface area is 330 Å². The molecule has 1 aliphatic heterocycles. The van der Waals surface area contributed by atoms with E-state index in [-0.39, 0.29) is 0 Å². The van der Waals surface area contributed by atoms with Crippen LogP contribution in [0.2, 0.25) is 0 Å². The molecule has 0 aliphatic carbocycles. The normalized spacial score (nSPS) is 12.4. The number of para-hydroxylation sites is 1. The van der Waals surface area contributed by atoms with E-state index in [2.05, 4.69) is 241 Å². The summed E-state index contributed by atoms with van der Waals surface area (Å²) in [5.41, 5.74) is 13.3. The van der Waals surface area contributed by atoms with Gasteiger partial charge in [0.25, 0.3) is 0 Å². The van der Waals surface area contributed by atoms with E-state index in [0.717, 1.165) is 17.1 Å². The monoisotopic (exact) mass is 729 g/mol. The number of hydrogen-bond donors (Lipinski definition) is 0. The zero-order valence-corrected chi connectivity index (χ0v) is 32.0. The van der Waals surface area contributed by atoms with Crippen molar-refractivity contribution in [2.24, 2.45) is 0 Å². The summed E-state index contributed by atoms with van der Waals surface area (Å²) in [6.07, 6.45) is 0. The molecule has 0 aromatic heterocycles. The van der Waals surface area contributed by atoms with Crippen molar-refractivity contribution in [1.29, 1.82) is 0 Å². The highest BCUT2D eigenvalue weighted by atomic mass is 28.3. The molecule has 0 fully saturated rings. The first-order valence-corrected chi connectivity index (χ1v) is 21.3.